The maximum Gasteiger partial charge on any atom is 0.389 e. The van der Waals surface area contributed by atoms with Gasteiger partial charge in [-0.2, -0.15) is 13.2 Å². The van der Waals surface area contributed by atoms with Gasteiger partial charge in [-0.3, -0.25) is 0 Å². The number of hydrogen-bond donors (Lipinski definition) is 0. The van der Waals surface area contributed by atoms with Gasteiger partial charge in [0.05, 0.1) is 18.8 Å². The van der Waals surface area contributed by atoms with Gasteiger partial charge in [0.2, 0.25) is 0 Å². The molecule has 2 rings (SSSR count). The number of halogens is 3. The number of benzene rings is 2. The minimum atomic E-state index is -4.12. The van der Waals surface area contributed by atoms with Gasteiger partial charge in [-0.1, -0.05) is 25.5 Å². The van der Waals surface area contributed by atoms with E-state index in [1.54, 1.807) is 54.6 Å². The normalized spacial score (nSPS) is 11.4. The summed E-state index contributed by atoms with van der Waals surface area (Å²) in [5, 5.41) is 0. The lowest BCUT2D eigenvalue weighted by Crippen LogP contribution is -2.08. The van der Waals surface area contributed by atoms with Crippen LogP contribution in [0, 0.1) is 6.92 Å². The number of alkyl halides is 3. The first-order chi connectivity index (χ1) is 16.3. The summed E-state index contributed by atoms with van der Waals surface area (Å²) in [5.74, 6) is -0.110. The zero-order valence-electron chi connectivity index (χ0n) is 18.8. The molecule has 0 atom stereocenters. The molecule has 0 N–H and O–H groups in total. The minimum absolute atomic E-state index is 0.0819. The Morgan fingerprint density at radius 3 is 2.18 bits per heavy atom. The molecule has 0 spiro atoms. The summed E-state index contributed by atoms with van der Waals surface area (Å²) < 4.78 is 52.2. The molecule has 5 nitrogen and oxygen atoms in total. The molecular weight excluding hydrogens is 449 g/mol. The van der Waals surface area contributed by atoms with Gasteiger partial charge in [0.1, 0.15) is 11.5 Å². The number of esters is 2. The first-order valence-electron chi connectivity index (χ1n) is 11.0. The second kappa shape index (κ2) is 14.1. The van der Waals surface area contributed by atoms with Crippen molar-refractivity contribution in [1.82, 2.24) is 0 Å². The van der Waals surface area contributed by atoms with Crippen LogP contribution in [0.1, 0.15) is 54.4 Å². The fourth-order valence-electron chi connectivity index (χ4n) is 2.78. The number of unbranched alkanes of at least 4 members (excludes halogenated alkanes) is 3. The molecule has 0 heterocycles. The first kappa shape index (κ1) is 27.0. The SMILES string of the molecule is [CH2]CCCOC(=O)/C=C/c1ccc(OC(=O)c2ccc(OCCCCCC(F)(F)F)cc2)cc1. The van der Waals surface area contributed by atoms with Crippen LogP contribution in [-0.2, 0) is 9.53 Å². The summed E-state index contributed by atoms with van der Waals surface area (Å²) in [6.45, 7) is 4.31. The molecule has 0 aromatic heterocycles. The predicted molar refractivity (Wildman–Crippen MR) is 122 cm³/mol. The van der Waals surface area contributed by atoms with Crippen molar-refractivity contribution in [3.8, 4) is 11.5 Å². The molecule has 0 amide bonds. The van der Waals surface area contributed by atoms with E-state index in [9.17, 15) is 22.8 Å². The largest absolute Gasteiger partial charge is 0.494 e. The molecule has 0 unspecified atom stereocenters. The van der Waals surface area contributed by atoms with E-state index in [1.807, 2.05) is 0 Å². The van der Waals surface area contributed by atoms with Crippen molar-refractivity contribution in [3.63, 3.8) is 0 Å². The van der Waals surface area contributed by atoms with Gasteiger partial charge in [-0.05, 0) is 73.7 Å². The summed E-state index contributed by atoms with van der Waals surface area (Å²) in [5.41, 5.74) is 1.07. The third-order valence-corrected chi connectivity index (χ3v) is 4.60. The molecule has 183 valence electrons. The van der Waals surface area contributed by atoms with Crippen LogP contribution in [0.2, 0.25) is 0 Å². The van der Waals surface area contributed by atoms with E-state index in [-0.39, 0.29) is 6.42 Å². The molecule has 8 heteroatoms. The van der Waals surface area contributed by atoms with Crippen molar-refractivity contribution in [1.29, 1.82) is 0 Å². The van der Waals surface area contributed by atoms with Crippen LogP contribution in [0.15, 0.2) is 54.6 Å². The number of carbonyl (C=O) groups excluding carboxylic acids is 2. The van der Waals surface area contributed by atoms with E-state index >= 15 is 0 Å². The zero-order chi connectivity index (χ0) is 24.8. The van der Waals surface area contributed by atoms with Gasteiger partial charge >= 0.3 is 18.1 Å². The Morgan fingerprint density at radius 1 is 0.853 bits per heavy atom. The maximum atomic E-state index is 12.3. The zero-order valence-corrected chi connectivity index (χ0v) is 18.8. The van der Waals surface area contributed by atoms with Crippen LogP contribution in [0.4, 0.5) is 13.2 Å². The van der Waals surface area contributed by atoms with Gasteiger partial charge in [0, 0.05) is 12.5 Å². The topological polar surface area (TPSA) is 61.8 Å². The molecule has 0 aliphatic rings. The average Bonchev–Trinajstić information content (AvgIpc) is 2.80. The summed E-state index contributed by atoms with van der Waals surface area (Å²) in [7, 11) is 0. The Hall–Kier alpha value is -3.29. The van der Waals surface area contributed by atoms with Crippen LogP contribution in [-0.4, -0.2) is 31.3 Å². The van der Waals surface area contributed by atoms with E-state index in [0.717, 1.165) is 5.56 Å². The molecule has 2 aromatic rings. The lowest BCUT2D eigenvalue weighted by Gasteiger charge is -2.08. The van der Waals surface area contributed by atoms with Crippen molar-refractivity contribution in [2.24, 2.45) is 0 Å². The Bertz CT molecular complexity index is 919. The summed E-state index contributed by atoms with van der Waals surface area (Å²) in [4.78, 5) is 23.9. The highest BCUT2D eigenvalue weighted by Crippen LogP contribution is 2.23. The Balaban J connectivity index is 1.75. The van der Waals surface area contributed by atoms with Crippen LogP contribution in [0.5, 0.6) is 11.5 Å². The molecule has 34 heavy (non-hydrogen) atoms. The van der Waals surface area contributed by atoms with Crippen LogP contribution >= 0.6 is 0 Å². The van der Waals surface area contributed by atoms with Crippen molar-refractivity contribution >= 4 is 18.0 Å². The monoisotopic (exact) mass is 477 g/mol. The molecule has 2 aromatic carbocycles. The third-order valence-electron chi connectivity index (χ3n) is 4.60. The maximum absolute atomic E-state index is 12.3. The third kappa shape index (κ3) is 11.0. The number of carbonyl (C=O) groups is 2. The summed E-state index contributed by atoms with van der Waals surface area (Å²) >= 11 is 0. The smallest absolute Gasteiger partial charge is 0.389 e. The Labute approximate surface area is 197 Å². The number of ether oxygens (including phenoxy) is 3. The molecule has 0 saturated heterocycles. The fraction of sp³-hybridized carbons (Fsp3) is 0.346. The van der Waals surface area contributed by atoms with Gasteiger partial charge < -0.3 is 14.2 Å². The van der Waals surface area contributed by atoms with Gasteiger partial charge in [-0.15, -0.1) is 0 Å². The Morgan fingerprint density at radius 2 is 1.53 bits per heavy atom. The van der Waals surface area contributed by atoms with Crippen molar-refractivity contribution in [3.05, 3.63) is 72.7 Å². The van der Waals surface area contributed by atoms with Crippen molar-refractivity contribution in [2.75, 3.05) is 13.2 Å². The molecule has 0 bridgehead atoms. The summed E-state index contributed by atoms with van der Waals surface area (Å²) in [6, 6.07) is 13.0. The van der Waals surface area contributed by atoms with Gasteiger partial charge in [0.15, 0.2) is 0 Å². The van der Waals surface area contributed by atoms with Crippen LogP contribution in [0.25, 0.3) is 6.08 Å². The molecular formula is C26H28F3O5. The van der Waals surface area contributed by atoms with E-state index < -0.39 is 24.5 Å². The molecule has 0 aliphatic heterocycles. The molecule has 0 saturated carbocycles. The molecule has 1 radical (unpaired) electrons. The van der Waals surface area contributed by atoms with Gasteiger partial charge in [-0.25, -0.2) is 9.59 Å². The predicted octanol–water partition coefficient (Wildman–Crippen LogP) is 6.58. The van der Waals surface area contributed by atoms with Crippen molar-refractivity contribution < 1.29 is 37.0 Å². The molecule has 0 aliphatic carbocycles. The van der Waals surface area contributed by atoms with E-state index in [4.69, 9.17) is 14.2 Å². The van der Waals surface area contributed by atoms with Gasteiger partial charge in [0.25, 0.3) is 0 Å². The first-order valence-corrected chi connectivity index (χ1v) is 11.0. The van der Waals surface area contributed by atoms with E-state index in [1.165, 1.54) is 6.08 Å². The second-order valence-corrected chi connectivity index (χ2v) is 7.47. The lowest BCUT2D eigenvalue weighted by molar-refractivity contribution is -0.138. The summed E-state index contributed by atoms with van der Waals surface area (Å²) in [6.07, 6.45) is 0.474. The highest BCUT2D eigenvalue weighted by atomic mass is 19.4. The van der Waals surface area contributed by atoms with E-state index in [0.29, 0.717) is 56.0 Å². The average molecular weight is 477 g/mol. The van der Waals surface area contributed by atoms with Crippen LogP contribution in [0.3, 0.4) is 0 Å². The quantitative estimate of drug-likeness (QED) is 0.141. The highest BCUT2D eigenvalue weighted by molar-refractivity contribution is 5.91. The Kier molecular flexibility index (Phi) is 11.2. The minimum Gasteiger partial charge on any atom is -0.494 e. The fourth-order valence-corrected chi connectivity index (χ4v) is 2.78. The molecule has 0 fully saturated rings. The standard InChI is InChI=1S/C26H28F3O5/c1-2-3-18-33-24(30)16-9-20-7-12-23(13-8-20)34-25(31)21-10-14-22(15-11-21)32-19-6-4-5-17-26(27,28)29/h7-16H,1-6,17-19H2/b16-9+. The number of rotatable bonds is 13. The van der Waals surface area contributed by atoms with Crippen LogP contribution < -0.4 is 9.47 Å². The van der Waals surface area contributed by atoms with E-state index in [2.05, 4.69) is 6.92 Å². The highest BCUT2D eigenvalue weighted by Gasteiger charge is 2.25. The second-order valence-electron chi connectivity index (χ2n) is 7.47. The number of hydrogen-bond acceptors (Lipinski definition) is 5. The lowest BCUT2D eigenvalue weighted by atomic mass is 10.2. The van der Waals surface area contributed by atoms with Crippen molar-refractivity contribution in [2.45, 2.75) is 44.7 Å².